The number of aromatic amines is 1. The molecule has 1 saturated carbocycles. The van der Waals surface area contributed by atoms with E-state index in [4.69, 9.17) is 18.9 Å². The molecule has 0 spiro atoms. The van der Waals surface area contributed by atoms with Crippen molar-refractivity contribution in [2.75, 3.05) is 19.7 Å². The lowest BCUT2D eigenvalue weighted by molar-refractivity contribution is -0.0173. The van der Waals surface area contributed by atoms with Crippen molar-refractivity contribution in [3.8, 4) is 5.75 Å². The van der Waals surface area contributed by atoms with Crippen LogP contribution in [0.1, 0.15) is 67.9 Å². The molecule has 210 valence electrons. The van der Waals surface area contributed by atoms with Crippen LogP contribution in [0, 0.1) is 5.92 Å². The van der Waals surface area contributed by atoms with Crippen molar-refractivity contribution in [3.63, 3.8) is 0 Å². The van der Waals surface area contributed by atoms with E-state index in [1.165, 1.54) is 25.4 Å². The van der Waals surface area contributed by atoms with Gasteiger partial charge in [0.15, 0.2) is 5.76 Å². The zero-order valence-electron chi connectivity index (χ0n) is 22.8. The highest BCUT2D eigenvalue weighted by molar-refractivity contribution is 6.06. The summed E-state index contributed by atoms with van der Waals surface area (Å²) in [6.07, 6.45) is 6.59. The van der Waals surface area contributed by atoms with Gasteiger partial charge in [-0.1, -0.05) is 12.1 Å². The number of benzene rings is 1. The quantitative estimate of drug-likeness (QED) is 0.442. The SMILES string of the molecule is CC(C)(C)OC(=O)N1CC[C@H](NC(=O)c2c[nH]c3c(C4=COC(c5cccc(OCC6CC6)c5)O4)ncnc23)C1. The van der Waals surface area contributed by atoms with Crippen LogP contribution in [0.2, 0.25) is 0 Å². The molecule has 2 atom stereocenters. The fourth-order valence-electron chi connectivity index (χ4n) is 4.73. The lowest BCUT2D eigenvalue weighted by atomic mass is 10.2. The second kappa shape index (κ2) is 10.4. The number of likely N-dealkylation sites (tertiary alicyclic amines) is 1. The molecule has 2 fully saturated rings. The second-order valence-corrected chi connectivity index (χ2v) is 11.4. The number of carbonyl (C=O) groups excluding carboxylic acids is 2. The van der Waals surface area contributed by atoms with E-state index in [1.54, 1.807) is 11.1 Å². The molecule has 3 aliphatic rings. The Kier molecular flexibility index (Phi) is 6.73. The lowest BCUT2D eigenvalue weighted by Gasteiger charge is -2.24. The van der Waals surface area contributed by atoms with E-state index in [1.807, 2.05) is 45.0 Å². The van der Waals surface area contributed by atoms with E-state index in [0.717, 1.165) is 17.9 Å². The number of nitrogens with one attached hydrogen (secondary N) is 2. The third kappa shape index (κ3) is 5.68. The van der Waals surface area contributed by atoms with Crippen molar-refractivity contribution < 1.29 is 28.5 Å². The van der Waals surface area contributed by atoms with Gasteiger partial charge in [-0.2, -0.15) is 0 Å². The highest BCUT2D eigenvalue weighted by atomic mass is 16.7. The molecule has 4 heterocycles. The summed E-state index contributed by atoms with van der Waals surface area (Å²) in [7, 11) is 0. The second-order valence-electron chi connectivity index (χ2n) is 11.4. The van der Waals surface area contributed by atoms with Gasteiger partial charge >= 0.3 is 6.09 Å². The van der Waals surface area contributed by atoms with E-state index in [0.29, 0.717) is 53.5 Å². The summed E-state index contributed by atoms with van der Waals surface area (Å²) < 4.78 is 23.3. The number of carbonyl (C=O) groups is 2. The predicted octanol–water partition coefficient (Wildman–Crippen LogP) is 4.53. The number of hydrogen-bond donors (Lipinski definition) is 2. The van der Waals surface area contributed by atoms with Gasteiger partial charge in [0.25, 0.3) is 12.2 Å². The van der Waals surface area contributed by atoms with Crippen LogP contribution in [0.4, 0.5) is 4.79 Å². The molecule has 11 heteroatoms. The van der Waals surface area contributed by atoms with Gasteiger partial charge in [0.1, 0.15) is 35.2 Å². The first-order valence-electron chi connectivity index (χ1n) is 13.6. The molecule has 2 aromatic heterocycles. The van der Waals surface area contributed by atoms with Crippen molar-refractivity contribution in [2.24, 2.45) is 5.92 Å². The van der Waals surface area contributed by atoms with Crippen LogP contribution < -0.4 is 10.1 Å². The van der Waals surface area contributed by atoms with Gasteiger partial charge < -0.3 is 34.1 Å². The van der Waals surface area contributed by atoms with Crippen LogP contribution in [-0.2, 0) is 14.2 Å². The summed E-state index contributed by atoms with van der Waals surface area (Å²) in [5.41, 5.74) is 2.15. The number of amides is 2. The Balaban J connectivity index is 1.11. The Morgan fingerprint density at radius 2 is 2.05 bits per heavy atom. The molecular weight excluding hydrogens is 514 g/mol. The van der Waals surface area contributed by atoms with Gasteiger partial charge in [0.05, 0.1) is 17.7 Å². The van der Waals surface area contributed by atoms with E-state index in [9.17, 15) is 9.59 Å². The van der Waals surface area contributed by atoms with Crippen molar-refractivity contribution in [3.05, 3.63) is 59.9 Å². The van der Waals surface area contributed by atoms with Crippen molar-refractivity contribution >= 4 is 28.8 Å². The highest BCUT2D eigenvalue weighted by Crippen LogP contribution is 2.36. The number of H-pyrrole nitrogens is 1. The molecule has 1 unspecified atom stereocenters. The third-order valence-electron chi connectivity index (χ3n) is 6.96. The first-order chi connectivity index (χ1) is 19.2. The average Bonchev–Trinajstić information content (AvgIpc) is 3.29. The minimum atomic E-state index is -0.641. The number of hydrogen-bond acceptors (Lipinski definition) is 8. The fraction of sp³-hybridized carbons (Fsp3) is 0.448. The number of rotatable bonds is 7. The van der Waals surface area contributed by atoms with Gasteiger partial charge in [-0.25, -0.2) is 14.8 Å². The standard InChI is InChI=1S/C29H33N5O6/c1-29(2,3)40-28(36)34-10-9-19(13-34)33-26(35)21-12-30-25-23(21)31-16-32-24(25)22-15-38-27(39-22)18-5-4-6-20(11-18)37-14-17-7-8-17/h4-6,11-12,15-17,19,27,30H,7-10,13-14H2,1-3H3,(H,33,35)/t19-,27?/m0/s1. The molecule has 0 radical (unpaired) electrons. The smallest absolute Gasteiger partial charge is 0.410 e. The van der Waals surface area contributed by atoms with E-state index < -0.39 is 11.9 Å². The van der Waals surface area contributed by atoms with Crippen LogP contribution in [-0.4, -0.2) is 63.2 Å². The summed E-state index contributed by atoms with van der Waals surface area (Å²) in [4.78, 5) is 39.0. The van der Waals surface area contributed by atoms with E-state index in [2.05, 4.69) is 20.3 Å². The Morgan fingerprint density at radius 1 is 1.20 bits per heavy atom. The minimum absolute atomic E-state index is 0.190. The molecular formula is C29H33N5O6. The van der Waals surface area contributed by atoms with Crippen molar-refractivity contribution in [1.29, 1.82) is 0 Å². The monoisotopic (exact) mass is 547 g/mol. The van der Waals surface area contributed by atoms with Crippen LogP contribution in [0.3, 0.4) is 0 Å². The fourth-order valence-corrected chi connectivity index (χ4v) is 4.73. The maximum atomic E-state index is 13.2. The molecule has 6 rings (SSSR count). The Bertz CT molecular complexity index is 1460. The van der Waals surface area contributed by atoms with Crippen molar-refractivity contribution in [2.45, 2.75) is 58.0 Å². The predicted molar refractivity (Wildman–Crippen MR) is 145 cm³/mol. The van der Waals surface area contributed by atoms with Crippen LogP contribution in [0.25, 0.3) is 16.8 Å². The molecule has 1 aromatic carbocycles. The van der Waals surface area contributed by atoms with E-state index in [-0.39, 0.29) is 18.0 Å². The van der Waals surface area contributed by atoms with Crippen LogP contribution >= 0.6 is 0 Å². The molecule has 2 aliphatic heterocycles. The molecule has 1 saturated heterocycles. The molecule has 0 bridgehead atoms. The van der Waals surface area contributed by atoms with Gasteiger partial charge in [-0.15, -0.1) is 0 Å². The normalized spacial score (nSPS) is 20.6. The Labute approximate surface area is 231 Å². The molecule has 40 heavy (non-hydrogen) atoms. The number of nitrogens with zero attached hydrogens (tertiary/aromatic N) is 3. The summed E-state index contributed by atoms with van der Waals surface area (Å²) in [5, 5.41) is 3.01. The number of fused-ring (bicyclic) bond motifs is 1. The molecule has 11 nitrogen and oxygen atoms in total. The number of ether oxygens (including phenoxy) is 4. The van der Waals surface area contributed by atoms with Crippen LogP contribution in [0.15, 0.2) is 43.1 Å². The first kappa shape index (κ1) is 26.0. The summed E-state index contributed by atoms with van der Waals surface area (Å²) >= 11 is 0. The van der Waals surface area contributed by atoms with Crippen LogP contribution in [0.5, 0.6) is 5.75 Å². The minimum Gasteiger partial charge on any atom is -0.493 e. The Hall–Kier alpha value is -4.28. The highest BCUT2D eigenvalue weighted by Gasteiger charge is 2.32. The molecule has 3 aromatic rings. The number of aromatic nitrogens is 3. The zero-order valence-corrected chi connectivity index (χ0v) is 22.8. The van der Waals surface area contributed by atoms with Gasteiger partial charge in [-0.3, -0.25) is 4.79 Å². The average molecular weight is 548 g/mol. The Morgan fingerprint density at radius 3 is 2.85 bits per heavy atom. The summed E-state index contributed by atoms with van der Waals surface area (Å²) in [5.74, 6) is 1.59. The summed E-state index contributed by atoms with van der Waals surface area (Å²) in [6, 6.07) is 7.49. The maximum absolute atomic E-state index is 13.2. The lowest BCUT2D eigenvalue weighted by Crippen LogP contribution is -2.40. The molecule has 2 amide bonds. The first-order valence-corrected chi connectivity index (χ1v) is 13.6. The van der Waals surface area contributed by atoms with Gasteiger partial charge in [-0.05, 0) is 58.1 Å². The van der Waals surface area contributed by atoms with Gasteiger partial charge in [0.2, 0.25) is 0 Å². The largest absolute Gasteiger partial charge is 0.493 e. The zero-order chi connectivity index (χ0) is 27.9. The van der Waals surface area contributed by atoms with E-state index >= 15 is 0 Å². The van der Waals surface area contributed by atoms with Crippen molar-refractivity contribution in [1.82, 2.24) is 25.2 Å². The third-order valence-corrected chi connectivity index (χ3v) is 6.96. The molecule has 1 aliphatic carbocycles. The summed E-state index contributed by atoms with van der Waals surface area (Å²) in [6.45, 7) is 7.11. The molecule has 2 N–H and O–H groups in total. The van der Waals surface area contributed by atoms with Gasteiger partial charge in [0, 0.05) is 30.9 Å². The topological polar surface area (TPSA) is 128 Å². The maximum Gasteiger partial charge on any atom is 0.410 e.